The summed E-state index contributed by atoms with van der Waals surface area (Å²) in [7, 11) is 0. The van der Waals surface area contributed by atoms with Crippen molar-refractivity contribution in [1.82, 2.24) is 9.80 Å². The SMILES string of the molecule is CC(N1C(=O)c2ccc3c4c(N)cc5c6c(ccc(c7c(N)cc(c2c37)C1=O)c64)C(=O)N(C(C)[N+](=O)[O-])C5=O)[N+](=O)[O-]. The molecule has 5 aromatic carbocycles. The molecule has 2 unspecified atom stereocenters. The van der Waals surface area contributed by atoms with Gasteiger partial charge in [0, 0.05) is 78.5 Å². The topological polar surface area (TPSA) is 213 Å². The van der Waals surface area contributed by atoms with Gasteiger partial charge in [0.25, 0.3) is 36.0 Å². The van der Waals surface area contributed by atoms with Crippen molar-refractivity contribution >= 4 is 78.1 Å². The second-order valence-corrected chi connectivity index (χ2v) is 10.4. The molecule has 2 heterocycles. The van der Waals surface area contributed by atoms with Gasteiger partial charge in [0.2, 0.25) is 0 Å². The molecule has 4 N–H and O–H groups in total. The van der Waals surface area contributed by atoms with Crippen molar-refractivity contribution < 1.29 is 29.0 Å². The zero-order valence-corrected chi connectivity index (χ0v) is 21.8. The Morgan fingerprint density at radius 1 is 0.571 bits per heavy atom. The second-order valence-electron chi connectivity index (χ2n) is 10.4. The van der Waals surface area contributed by atoms with E-state index in [2.05, 4.69) is 0 Å². The molecule has 0 aromatic heterocycles. The van der Waals surface area contributed by atoms with Crippen LogP contribution in [0.3, 0.4) is 0 Å². The number of nitrogens with zero attached hydrogens (tertiary/aromatic N) is 4. The van der Waals surface area contributed by atoms with Crippen LogP contribution in [0.5, 0.6) is 0 Å². The number of hydrogen-bond donors (Lipinski definition) is 2. The summed E-state index contributed by atoms with van der Waals surface area (Å²) in [4.78, 5) is 76.6. The monoisotopic (exact) mass is 566 g/mol. The minimum atomic E-state index is -1.62. The lowest BCUT2D eigenvalue weighted by Gasteiger charge is -2.31. The molecule has 5 aromatic rings. The number of imide groups is 2. The van der Waals surface area contributed by atoms with Gasteiger partial charge >= 0.3 is 0 Å². The Morgan fingerprint density at radius 3 is 1.24 bits per heavy atom. The quantitative estimate of drug-likeness (QED) is 0.0808. The minimum Gasteiger partial charge on any atom is -0.398 e. The Morgan fingerprint density at radius 2 is 0.905 bits per heavy atom. The summed E-state index contributed by atoms with van der Waals surface area (Å²) in [5, 5.41) is 26.2. The van der Waals surface area contributed by atoms with Crippen LogP contribution in [0, 0.1) is 20.2 Å². The summed E-state index contributed by atoms with van der Waals surface area (Å²) in [6.07, 6.45) is -3.25. The largest absolute Gasteiger partial charge is 0.398 e. The van der Waals surface area contributed by atoms with Crippen molar-refractivity contribution in [2.24, 2.45) is 0 Å². The summed E-state index contributed by atoms with van der Waals surface area (Å²) in [6, 6.07) is 8.80. The van der Waals surface area contributed by atoms with Crippen molar-refractivity contribution in [3.8, 4) is 0 Å². The molecule has 0 aliphatic carbocycles. The highest BCUT2D eigenvalue weighted by Crippen LogP contribution is 2.49. The average molecular weight is 566 g/mol. The highest BCUT2D eigenvalue weighted by molar-refractivity contribution is 6.44. The highest BCUT2D eigenvalue weighted by atomic mass is 16.6. The fraction of sp³-hybridized carbons (Fsp3) is 0.143. The number of carbonyl (C=O) groups excluding carboxylic acids is 4. The molecule has 0 saturated carbocycles. The lowest BCUT2D eigenvalue weighted by Crippen LogP contribution is -2.49. The van der Waals surface area contributed by atoms with E-state index in [4.69, 9.17) is 11.5 Å². The fourth-order valence-corrected chi connectivity index (χ4v) is 6.43. The summed E-state index contributed by atoms with van der Waals surface area (Å²) >= 11 is 0. The van der Waals surface area contributed by atoms with Gasteiger partial charge in [0.15, 0.2) is 0 Å². The van der Waals surface area contributed by atoms with E-state index in [0.29, 0.717) is 42.1 Å². The predicted molar refractivity (Wildman–Crippen MR) is 150 cm³/mol. The molecule has 0 radical (unpaired) electrons. The molecule has 14 nitrogen and oxygen atoms in total. The zero-order valence-electron chi connectivity index (χ0n) is 21.8. The van der Waals surface area contributed by atoms with E-state index >= 15 is 0 Å². The molecule has 2 atom stereocenters. The number of amides is 4. The van der Waals surface area contributed by atoms with Gasteiger partial charge in [-0.3, -0.25) is 39.4 Å². The zero-order chi connectivity index (χ0) is 30.1. The number of nitrogen functional groups attached to an aromatic ring is 2. The maximum Gasteiger partial charge on any atom is 0.293 e. The first kappa shape index (κ1) is 25.1. The maximum atomic E-state index is 13.5. The van der Waals surface area contributed by atoms with Crippen molar-refractivity contribution in [2.45, 2.75) is 26.2 Å². The van der Waals surface area contributed by atoms with Gasteiger partial charge < -0.3 is 11.5 Å². The smallest absolute Gasteiger partial charge is 0.293 e. The Kier molecular flexibility index (Phi) is 4.68. The average Bonchev–Trinajstić information content (AvgIpc) is 2.94. The number of carbonyl (C=O) groups is 4. The Hall–Kier alpha value is -5.92. The highest BCUT2D eigenvalue weighted by Gasteiger charge is 2.44. The Balaban J connectivity index is 1.64. The molecule has 4 amide bonds. The summed E-state index contributed by atoms with van der Waals surface area (Å²) < 4.78 is 0. The van der Waals surface area contributed by atoms with E-state index in [0.717, 1.165) is 13.8 Å². The summed E-state index contributed by atoms with van der Waals surface area (Å²) in [5.74, 6) is -3.40. The first-order valence-corrected chi connectivity index (χ1v) is 12.7. The molecule has 42 heavy (non-hydrogen) atoms. The standard InChI is InChI=1S/C28H18N6O8/c1-9(33(39)40)31-25(35)13-5-3-11-22-18(30)8-16-20-14(26(36)32(28(16)38)10(2)34(41)42)6-4-12(24(20)22)21-17(29)7-15(27(31)37)19(13)23(11)21/h3-10H,29-30H2,1-2H3. The molecule has 7 rings (SSSR count). The fourth-order valence-electron chi connectivity index (χ4n) is 6.43. The van der Waals surface area contributed by atoms with Gasteiger partial charge in [-0.05, 0) is 35.0 Å². The van der Waals surface area contributed by atoms with Gasteiger partial charge in [0.05, 0.1) is 11.1 Å². The number of anilines is 2. The van der Waals surface area contributed by atoms with E-state index in [9.17, 15) is 39.4 Å². The molecule has 14 heteroatoms. The van der Waals surface area contributed by atoms with Gasteiger partial charge in [-0.2, -0.15) is 0 Å². The van der Waals surface area contributed by atoms with Crippen LogP contribution < -0.4 is 11.5 Å². The van der Waals surface area contributed by atoms with Crippen LogP contribution in [0.15, 0.2) is 36.4 Å². The first-order valence-electron chi connectivity index (χ1n) is 12.7. The summed E-state index contributed by atoms with van der Waals surface area (Å²) in [5.41, 5.74) is 13.5. The molecular weight excluding hydrogens is 548 g/mol. The van der Waals surface area contributed by atoms with Crippen LogP contribution in [0.25, 0.3) is 43.1 Å². The van der Waals surface area contributed by atoms with Crippen LogP contribution in [-0.4, -0.2) is 55.6 Å². The molecule has 0 fully saturated rings. The molecule has 0 spiro atoms. The second kappa shape index (κ2) is 7.84. The van der Waals surface area contributed by atoms with Crippen LogP contribution in [0.4, 0.5) is 11.4 Å². The van der Waals surface area contributed by atoms with Gasteiger partial charge in [0.1, 0.15) is 0 Å². The third kappa shape index (κ3) is 2.77. The van der Waals surface area contributed by atoms with Crippen LogP contribution >= 0.6 is 0 Å². The Labute approximate surface area is 233 Å². The lowest BCUT2D eigenvalue weighted by molar-refractivity contribution is -0.536. The molecule has 0 saturated heterocycles. The molecule has 2 aliphatic rings. The van der Waals surface area contributed by atoms with E-state index < -0.39 is 45.8 Å². The van der Waals surface area contributed by atoms with Gasteiger partial charge in [-0.15, -0.1) is 0 Å². The van der Waals surface area contributed by atoms with E-state index in [1.54, 1.807) is 12.1 Å². The lowest BCUT2D eigenvalue weighted by atomic mass is 9.81. The van der Waals surface area contributed by atoms with Crippen LogP contribution in [0.2, 0.25) is 0 Å². The van der Waals surface area contributed by atoms with Crippen molar-refractivity contribution in [3.63, 3.8) is 0 Å². The third-order valence-electron chi connectivity index (χ3n) is 8.32. The van der Waals surface area contributed by atoms with Crippen LogP contribution in [-0.2, 0) is 0 Å². The van der Waals surface area contributed by atoms with Crippen molar-refractivity contribution in [1.29, 1.82) is 0 Å². The minimum absolute atomic E-state index is 0.0128. The molecule has 0 bridgehead atoms. The number of benzene rings is 5. The number of nitro groups is 2. The Bertz CT molecular complexity index is 2050. The maximum absolute atomic E-state index is 13.5. The normalized spacial score (nSPS) is 16.3. The molecule has 208 valence electrons. The van der Waals surface area contributed by atoms with Crippen molar-refractivity contribution in [3.05, 3.63) is 78.9 Å². The van der Waals surface area contributed by atoms with Crippen molar-refractivity contribution in [2.75, 3.05) is 11.5 Å². The van der Waals surface area contributed by atoms with E-state index in [1.807, 2.05) is 0 Å². The van der Waals surface area contributed by atoms with Gasteiger partial charge in [-0.25, -0.2) is 9.80 Å². The van der Waals surface area contributed by atoms with Gasteiger partial charge in [-0.1, -0.05) is 12.1 Å². The predicted octanol–water partition coefficient (Wildman–Crippen LogP) is 3.34. The summed E-state index contributed by atoms with van der Waals surface area (Å²) in [6.45, 7) is 2.28. The third-order valence-corrected chi connectivity index (χ3v) is 8.32. The molecule has 2 aliphatic heterocycles. The molecular formula is C28H18N6O8. The number of fused-ring (bicyclic) bond motifs is 2. The van der Waals surface area contributed by atoms with Crippen LogP contribution in [0.1, 0.15) is 55.3 Å². The number of nitrogens with two attached hydrogens (primary N) is 2. The van der Waals surface area contributed by atoms with E-state index in [1.165, 1.54) is 24.3 Å². The number of hydrogen-bond acceptors (Lipinski definition) is 10. The van der Waals surface area contributed by atoms with E-state index in [-0.39, 0.29) is 44.4 Å². The first-order chi connectivity index (χ1) is 19.9. The number of rotatable bonds is 4.